The molecule has 3 aromatic rings. The molecule has 0 aliphatic carbocycles. The molecule has 0 saturated heterocycles. The van der Waals surface area contributed by atoms with Crippen LogP contribution in [0.3, 0.4) is 0 Å². The van der Waals surface area contributed by atoms with Crippen LogP contribution in [0.5, 0.6) is 0 Å². The summed E-state index contributed by atoms with van der Waals surface area (Å²) in [4.78, 5) is 0. The average molecular weight is 240 g/mol. The Hall–Kier alpha value is -2.23. The van der Waals surface area contributed by atoms with Gasteiger partial charge in [-0.2, -0.15) is 5.10 Å². The Bertz CT molecular complexity index is 678. The van der Waals surface area contributed by atoms with Crippen molar-refractivity contribution in [2.45, 2.75) is 20.0 Å². The van der Waals surface area contributed by atoms with Crippen LogP contribution in [0.2, 0.25) is 0 Å². The summed E-state index contributed by atoms with van der Waals surface area (Å²) in [5, 5.41) is 5.47. The van der Waals surface area contributed by atoms with E-state index in [9.17, 15) is 0 Å². The normalized spacial score (nSPS) is 11.2. The highest BCUT2D eigenvalue weighted by atomic mass is 15.3. The summed E-state index contributed by atoms with van der Waals surface area (Å²) in [7, 11) is 0. The molecule has 0 aliphatic heterocycles. The van der Waals surface area contributed by atoms with E-state index in [1.807, 2.05) is 16.9 Å². The zero-order valence-corrected chi connectivity index (χ0v) is 10.4. The van der Waals surface area contributed by atoms with Crippen molar-refractivity contribution in [2.75, 3.05) is 5.73 Å². The van der Waals surface area contributed by atoms with E-state index in [0.29, 0.717) is 5.82 Å². The Balaban J connectivity index is 1.84. The Labute approximate surface area is 106 Å². The molecule has 0 atom stereocenters. The third kappa shape index (κ3) is 1.97. The van der Waals surface area contributed by atoms with Gasteiger partial charge in [-0.3, -0.25) is 4.68 Å². The summed E-state index contributed by atoms with van der Waals surface area (Å²) in [5.74, 6) is 0.572. The van der Waals surface area contributed by atoms with Gasteiger partial charge in [0.25, 0.3) is 0 Å². The molecule has 4 heteroatoms. The highest BCUT2D eigenvalue weighted by Gasteiger charge is 2.01. The fraction of sp³-hybridized carbons (Fsp3) is 0.214. The maximum Gasteiger partial charge on any atom is 0.145 e. The molecule has 1 aromatic carbocycles. The fourth-order valence-corrected chi connectivity index (χ4v) is 2.20. The van der Waals surface area contributed by atoms with Crippen LogP contribution in [0.25, 0.3) is 10.9 Å². The number of rotatable bonds is 3. The number of nitrogen functional groups attached to an aromatic ring is 1. The molecule has 4 nitrogen and oxygen atoms in total. The molecule has 2 N–H and O–H groups in total. The number of anilines is 1. The second kappa shape index (κ2) is 4.22. The molecule has 0 aliphatic rings. The van der Waals surface area contributed by atoms with E-state index < -0.39 is 0 Å². The number of nitrogens with two attached hydrogens (primary N) is 1. The van der Waals surface area contributed by atoms with E-state index in [1.54, 1.807) is 0 Å². The van der Waals surface area contributed by atoms with Crippen molar-refractivity contribution in [2.24, 2.45) is 0 Å². The van der Waals surface area contributed by atoms with Gasteiger partial charge in [-0.15, -0.1) is 0 Å². The molecule has 0 saturated carbocycles. The first-order chi connectivity index (χ1) is 8.72. The summed E-state index contributed by atoms with van der Waals surface area (Å²) in [6.45, 7) is 3.84. The zero-order valence-electron chi connectivity index (χ0n) is 10.4. The van der Waals surface area contributed by atoms with E-state index in [1.165, 1.54) is 16.5 Å². The Morgan fingerprint density at radius 1 is 1.11 bits per heavy atom. The summed E-state index contributed by atoms with van der Waals surface area (Å²) >= 11 is 0. The topological polar surface area (TPSA) is 48.8 Å². The standard InChI is InChI=1S/C14H16N4/c1-11-2-3-12-4-6-17(13(12)10-11)8-9-18-7-5-14(15)16-18/h2-7,10H,8-9H2,1H3,(H2,15,16). The Kier molecular flexibility index (Phi) is 2.55. The van der Waals surface area contributed by atoms with Gasteiger partial charge in [-0.25, -0.2) is 0 Å². The van der Waals surface area contributed by atoms with E-state index in [4.69, 9.17) is 5.73 Å². The van der Waals surface area contributed by atoms with Gasteiger partial charge in [-0.05, 0) is 36.1 Å². The van der Waals surface area contributed by atoms with Gasteiger partial charge >= 0.3 is 0 Å². The van der Waals surface area contributed by atoms with Gasteiger partial charge in [0.05, 0.1) is 6.54 Å². The van der Waals surface area contributed by atoms with Crippen LogP contribution in [0.15, 0.2) is 42.7 Å². The number of hydrogen-bond acceptors (Lipinski definition) is 2. The van der Waals surface area contributed by atoms with Crippen molar-refractivity contribution in [3.05, 3.63) is 48.3 Å². The molecule has 3 rings (SSSR count). The molecule has 18 heavy (non-hydrogen) atoms. The Morgan fingerprint density at radius 3 is 2.78 bits per heavy atom. The molecule has 2 aromatic heterocycles. The lowest BCUT2D eigenvalue weighted by atomic mass is 10.2. The lowest BCUT2D eigenvalue weighted by Gasteiger charge is -2.06. The minimum atomic E-state index is 0.572. The van der Waals surface area contributed by atoms with Crippen LogP contribution in [0.1, 0.15) is 5.56 Å². The van der Waals surface area contributed by atoms with Crippen molar-refractivity contribution in [1.29, 1.82) is 0 Å². The SMILES string of the molecule is Cc1ccc2ccn(CCn3ccc(N)n3)c2c1. The molecule has 0 radical (unpaired) electrons. The number of benzene rings is 1. The van der Waals surface area contributed by atoms with E-state index in [-0.39, 0.29) is 0 Å². The fourth-order valence-electron chi connectivity index (χ4n) is 2.20. The summed E-state index contributed by atoms with van der Waals surface area (Å²) < 4.78 is 4.12. The molecular formula is C14H16N4. The predicted octanol–water partition coefficient (Wildman–Crippen LogP) is 2.43. The van der Waals surface area contributed by atoms with Crippen LogP contribution in [-0.4, -0.2) is 14.3 Å². The number of aryl methyl sites for hydroxylation is 3. The summed E-state index contributed by atoms with van der Waals surface area (Å²) in [6.07, 6.45) is 4.03. The molecule has 0 fully saturated rings. The largest absolute Gasteiger partial charge is 0.382 e. The van der Waals surface area contributed by atoms with Crippen LogP contribution in [0.4, 0.5) is 5.82 Å². The van der Waals surface area contributed by atoms with E-state index >= 15 is 0 Å². The molecule has 0 amide bonds. The van der Waals surface area contributed by atoms with E-state index in [2.05, 4.69) is 47.1 Å². The van der Waals surface area contributed by atoms with Gasteiger partial charge in [0.1, 0.15) is 5.82 Å². The van der Waals surface area contributed by atoms with Crippen molar-refractivity contribution in [3.63, 3.8) is 0 Å². The summed E-state index contributed by atoms with van der Waals surface area (Å²) in [6, 6.07) is 10.5. The predicted molar refractivity (Wildman–Crippen MR) is 73.3 cm³/mol. The first kappa shape index (κ1) is 10.9. The van der Waals surface area contributed by atoms with Crippen molar-refractivity contribution in [1.82, 2.24) is 14.3 Å². The van der Waals surface area contributed by atoms with Crippen molar-refractivity contribution >= 4 is 16.7 Å². The number of aromatic nitrogens is 3. The number of nitrogens with zero attached hydrogens (tertiary/aromatic N) is 3. The highest BCUT2D eigenvalue weighted by molar-refractivity contribution is 5.80. The van der Waals surface area contributed by atoms with Crippen LogP contribution >= 0.6 is 0 Å². The molecule has 92 valence electrons. The van der Waals surface area contributed by atoms with Gasteiger partial charge in [0.2, 0.25) is 0 Å². The second-order valence-corrected chi connectivity index (χ2v) is 4.58. The maximum absolute atomic E-state index is 5.60. The van der Waals surface area contributed by atoms with Crippen molar-refractivity contribution < 1.29 is 0 Å². The van der Waals surface area contributed by atoms with Crippen molar-refractivity contribution in [3.8, 4) is 0 Å². The lowest BCUT2D eigenvalue weighted by molar-refractivity contribution is 0.544. The maximum atomic E-state index is 5.60. The third-order valence-electron chi connectivity index (χ3n) is 3.16. The summed E-state index contributed by atoms with van der Waals surface area (Å²) in [5.41, 5.74) is 8.16. The van der Waals surface area contributed by atoms with Gasteiger partial charge in [-0.1, -0.05) is 12.1 Å². The molecule has 0 spiro atoms. The molecule has 0 unspecified atom stereocenters. The van der Waals surface area contributed by atoms with Gasteiger partial charge in [0.15, 0.2) is 0 Å². The second-order valence-electron chi connectivity index (χ2n) is 4.58. The minimum Gasteiger partial charge on any atom is -0.382 e. The highest BCUT2D eigenvalue weighted by Crippen LogP contribution is 2.17. The number of fused-ring (bicyclic) bond motifs is 1. The zero-order chi connectivity index (χ0) is 12.5. The van der Waals surface area contributed by atoms with Gasteiger partial charge in [0, 0.05) is 24.5 Å². The van der Waals surface area contributed by atoms with Gasteiger partial charge < -0.3 is 10.3 Å². The van der Waals surface area contributed by atoms with Crippen LogP contribution in [0, 0.1) is 6.92 Å². The van der Waals surface area contributed by atoms with Crippen LogP contribution in [-0.2, 0) is 13.1 Å². The number of hydrogen-bond donors (Lipinski definition) is 1. The first-order valence-electron chi connectivity index (χ1n) is 6.07. The van der Waals surface area contributed by atoms with E-state index in [0.717, 1.165) is 13.1 Å². The average Bonchev–Trinajstić information content (AvgIpc) is 2.93. The molecule has 0 bridgehead atoms. The lowest BCUT2D eigenvalue weighted by Crippen LogP contribution is -2.07. The third-order valence-corrected chi connectivity index (χ3v) is 3.16. The first-order valence-corrected chi connectivity index (χ1v) is 6.07. The van der Waals surface area contributed by atoms with Crippen LogP contribution < -0.4 is 5.73 Å². The monoisotopic (exact) mass is 240 g/mol. The molecule has 2 heterocycles. The quantitative estimate of drug-likeness (QED) is 0.764. The smallest absolute Gasteiger partial charge is 0.145 e. The minimum absolute atomic E-state index is 0.572. The molecular weight excluding hydrogens is 224 g/mol. The Morgan fingerprint density at radius 2 is 2.00 bits per heavy atom.